The average Bonchev–Trinajstić information content (AvgIpc) is 3.35. The van der Waals surface area contributed by atoms with Crippen molar-refractivity contribution in [1.29, 1.82) is 0 Å². The van der Waals surface area contributed by atoms with Gasteiger partial charge in [-0.1, -0.05) is 53.4 Å². The minimum atomic E-state index is -0.125. The fraction of sp³-hybridized carbons (Fsp3) is 0.812. The lowest BCUT2D eigenvalue weighted by molar-refractivity contribution is 0.119. The summed E-state index contributed by atoms with van der Waals surface area (Å²) in [5.41, 5.74) is 0.288. The zero-order valence-corrected chi connectivity index (χ0v) is 26.8. The third kappa shape index (κ3) is 11.8. The molecular formula is C32H58N4O5. The molecule has 9 heteroatoms. The summed E-state index contributed by atoms with van der Waals surface area (Å²) in [4.78, 5) is 24.4. The fourth-order valence-corrected chi connectivity index (χ4v) is 5.62. The Morgan fingerprint density at radius 1 is 0.610 bits per heavy atom. The van der Waals surface area contributed by atoms with Crippen LogP contribution in [0.2, 0.25) is 0 Å². The van der Waals surface area contributed by atoms with Crippen LogP contribution in [0.25, 0.3) is 0 Å². The molecule has 0 radical (unpaired) electrons. The van der Waals surface area contributed by atoms with Crippen molar-refractivity contribution in [2.24, 2.45) is 10.8 Å². The van der Waals surface area contributed by atoms with Gasteiger partial charge in [0.2, 0.25) is 11.8 Å². The predicted molar refractivity (Wildman–Crippen MR) is 166 cm³/mol. The van der Waals surface area contributed by atoms with Gasteiger partial charge in [0.1, 0.15) is 0 Å². The molecule has 0 aromatic carbocycles. The first-order valence-corrected chi connectivity index (χ1v) is 16.0. The molecule has 0 unspecified atom stereocenters. The molecule has 41 heavy (non-hydrogen) atoms. The lowest BCUT2D eigenvalue weighted by Gasteiger charge is -2.25. The number of unbranched alkanes of at least 4 members (excludes halogenated alkanes) is 4. The molecule has 0 saturated heterocycles. The molecule has 0 fully saturated rings. The van der Waals surface area contributed by atoms with E-state index in [0.717, 1.165) is 77.4 Å². The highest BCUT2D eigenvalue weighted by Gasteiger charge is 2.19. The van der Waals surface area contributed by atoms with Gasteiger partial charge in [-0.25, -0.2) is 9.59 Å². The summed E-state index contributed by atoms with van der Waals surface area (Å²) < 4.78 is 11.9. The molecule has 2 heterocycles. The monoisotopic (exact) mass is 578 g/mol. The lowest BCUT2D eigenvalue weighted by atomic mass is 9.82. The van der Waals surface area contributed by atoms with E-state index in [9.17, 15) is 19.8 Å². The van der Waals surface area contributed by atoms with E-state index in [-0.39, 0.29) is 34.0 Å². The van der Waals surface area contributed by atoms with Crippen molar-refractivity contribution in [2.75, 3.05) is 13.2 Å². The molecule has 0 aliphatic rings. The first-order valence-electron chi connectivity index (χ1n) is 16.0. The summed E-state index contributed by atoms with van der Waals surface area (Å²) in [7, 11) is 0. The molecule has 2 N–H and O–H groups in total. The second kappa shape index (κ2) is 16.9. The maximum absolute atomic E-state index is 12.2. The van der Waals surface area contributed by atoms with E-state index in [1.165, 1.54) is 43.5 Å². The van der Waals surface area contributed by atoms with Gasteiger partial charge in [-0.3, -0.25) is 18.3 Å². The average molecular weight is 579 g/mol. The summed E-state index contributed by atoms with van der Waals surface area (Å²) in [5, 5.41) is 20.0. The van der Waals surface area contributed by atoms with E-state index in [1.807, 2.05) is 13.8 Å². The van der Waals surface area contributed by atoms with Crippen LogP contribution >= 0.6 is 0 Å². The quantitative estimate of drug-likeness (QED) is 0.155. The molecular weight excluding hydrogens is 520 g/mol. The number of hydrogen-bond acceptors (Lipinski definition) is 5. The number of imidazole rings is 2. The zero-order chi connectivity index (χ0) is 30.5. The second-order valence-corrected chi connectivity index (χ2v) is 13.2. The smallest absolute Gasteiger partial charge is 0.331 e. The SMILES string of the molecule is CCn1cc(O)n(CCCCC(C)(C)CCCCOCCCCC(C)(C)CCCCn2c(O)cn(CC)c2=O)c1=O. The molecule has 236 valence electrons. The first kappa shape index (κ1) is 34.8. The van der Waals surface area contributed by atoms with Crippen LogP contribution in [0.3, 0.4) is 0 Å². The topological polar surface area (TPSA) is 104 Å². The van der Waals surface area contributed by atoms with Gasteiger partial charge >= 0.3 is 11.4 Å². The summed E-state index contributed by atoms with van der Waals surface area (Å²) in [6.07, 6.45) is 16.0. The largest absolute Gasteiger partial charge is 0.493 e. The van der Waals surface area contributed by atoms with Crippen molar-refractivity contribution in [3.63, 3.8) is 0 Å². The van der Waals surface area contributed by atoms with Gasteiger partial charge in [-0.05, 0) is 76.0 Å². The van der Waals surface area contributed by atoms with Crippen molar-refractivity contribution in [2.45, 2.75) is 145 Å². The van der Waals surface area contributed by atoms with E-state index in [1.54, 1.807) is 0 Å². The number of aromatic hydroxyl groups is 2. The van der Waals surface area contributed by atoms with Crippen molar-refractivity contribution >= 4 is 0 Å². The number of aromatic nitrogens is 4. The Hall–Kier alpha value is -2.42. The van der Waals surface area contributed by atoms with Gasteiger partial charge < -0.3 is 14.9 Å². The Morgan fingerprint density at radius 2 is 0.951 bits per heavy atom. The van der Waals surface area contributed by atoms with Gasteiger partial charge in [-0.15, -0.1) is 0 Å². The van der Waals surface area contributed by atoms with Crippen LogP contribution in [0.4, 0.5) is 0 Å². The zero-order valence-electron chi connectivity index (χ0n) is 26.8. The van der Waals surface area contributed by atoms with Crippen molar-refractivity contribution in [3.05, 3.63) is 33.4 Å². The second-order valence-electron chi connectivity index (χ2n) is 13.2. The molecule has 9 nitrogen and oxygen atoms in total. The van der Waals surface area contributed by atoms with E-state index < -0.39 is 0 Å². The number of ether oxygens (including phenoxy) is 1. The van der Waals surface area contributed by atoms with Crippen molar-refractivity contribution in [1.82, 2.24) is 18.3 Å². The van der Waals surface area contributed by atoms with Gasteiger partial charge in [0, 0.05) is 39.4 Å². The van der Waals surface area contributed by atoms with Gasteiger partial charge in [0.15, 0.2) is 0 Å². The molecule has 2 aromatic heterocycles. The maximum Gasteiger partial charge on any atom is 0.331 e. The molecule has 2 rings (SSSR count). The Labute approximate surface area is 247 Å². The van der Waals surface area contributed by atoms with Crippen LogP contribution in [0.5, 0.6) is 11.8 Å². The molecule has 2 aromatic rings. The van der Waals surface area contributed by atoms with E-state index in [0.29, 0.717) is 26.2 Å². The van der Waals surface area contributed by atoms with Crippen LogP contribution in [-0.4, -0.2) is 41.7 Å². The standard InChI is InChI=1S/C32H58N4O5/c1-7-33-25-27(37)35(29(33)39)21-13-9-17-31(3,4)19-11-15-23-41-24-16-12-20-32(5,6)18-10-14-22-36-28(38)26-34(8-2)30(36)40/h25-26,37-38H,7-24H2,1-6H3. The fourth-order valence-electron chi connectivity index (χ4n) is 5.62. The van der Waals surface area contributed by atoms with Gasteiger partial charge in [0.25, 0.3) is 0 Å². The molecule has 0 amide bonds. The Kier molecular flexibility index (Phi) is 14.3. The van der Waals surface area contributed by atoms with Crippen LogP contribution in [0, 0.1) is 10.8 Å². The minimum Gasteiger partial charge on any atom is -0.493 e. The van der Waals surface area contributed by atoms with Crippen molar-refractivity contribution in [3.8, 4) is 11.8 Å². The highest BCUT2D eigenvalue weighted by atomic mass is 16.5. The number of aryl methyl sites for hydroxylation is 2. The summed E-state index contributed by atoms with van der Waals surface area (Å²) in [6, 6.07) is 0. The molecule has 0 aliphatic carbocycles. The van der Waals surface area contributed by atoms with Crippen LogP contribution in [0.15, 0.2) is 22.0 Å². The van der Waals surface area contributed by atoms with Gasteiger partial charge in [-0.2, -0.15) is 0 Å². The Morgan fingerprint density at radius 3 is 1.27 bits per heavy atom. The Bertz CT molecular complexity index is 1050. The molecule has 0 atom stereocenters. The summed E-state index contributed by atoms with van der Waals surface area (Å²) in [6.45, 7) is 17.0. The number of rotatable bonds is 22. The van der Waals surface area contributed by atoms with Crippen LogP contribution in [0.1, 0.15) is 119 Å². The number of nitrogens with zero attached hydrogens (tertiary/aromatic N) is 4. The minimum absolute atomic E-state index is 0.0622. The third-order valence-electron chi connectivity index (χ3n) is 8.49. The van der Waals surface area contributed by atoms with Crippen LogP contribution < -0.4 is 11.4 Å². The summed E-state index contributed by atoms with van der Waals surface area (Å²) in [5.74, 6) is 0.124. The third-order valence-corrected chi connectivity index (χ3v) is 8.49. The maximum atomic E-state index is 12.2. The van der Waals surface area contributed by atoms with E-state index >= 15 is 0 Å². The normalized spacial score (nSPS) is 12.4. The molecule has 0 aliphatic heterocycles. The van der Waals surface area contributed by atoms with Crippen LogP contribution in [-0.2, 0) is 30.9 Å². The summed E-state index contributed by atoms with van der Waals surface area (Å²) >= 11 is 0. The molecule has 0 spiro atoms. The lowest BCUT2D eigenvalue weighted by Crippen LogP contribution is -2.23. The van der Waals surface area contributed by atoms with E-state index in [4.69, 9.17) is 4.74 Å². The Balaban J connectivity index is 1.47. The van der Waals surface area contributed by atoms with Crippen molar-refractivity contribution < 1.29 is 14.9 Å². The first-order chi connectivity index (χ1) is 19.4. The number of hydrogen-bond donors (Lipinski definition) is 2. The molecule has 0 saturated carbocycles. The predicted octanol–water partition coefficient (Wildman–Crippen LogP) is 6.51. The van der Waals surface area contributed by atoms with E-state index in [2.05, 4.69) is 27.7 Å². The van der Waals surface area contributed by atoms with Gasteiger partial charge in [0.05, 0.1) is 12.4 Å². The highest BCUT2D eigenvalue weighted by Crippen LogP contribution is 2.31. The molecule has 0 bridgehead atoms. The highest BCUT2D eigenvalue weighted by molar-refractivity contribution is 5.05.